The maximum absolute atomic E-state index is 12.2. The molecule has 1 unspecified atom stereocenters. The molecule has 1 atom stereocenters. The Kier molecular flexibility index (Phi) is 5.96. The van der Waals surface area contributed by atoms with Gasteiger partial charge in [-0.2, -0.15) is 0 Å². The predicted molar refractivity (Wildman–Crippen MR) is 79.1 cm³/mol. The lowest BCUT2D eigenvalue weighted by atomic mass is 10.1. The smallest absolute Gasteiger partial charge is 0.324 e. The van der Waals surface area contributed by atoms with Gasteiger partial charge in [-0.25, -0.2) is 4.79 Å². The summed E-state index contributed by atoms with van der Waals surface area (Å²) in [7, 11) is 1.72. The Bertz CT molecular complexity index is 377. The van der Waals surface area contributed by atoms with Crippen LogP contribution in [0.4, 0.5) is 4.79 Å². The van der Waals surface area contributed by atoms with Crippen molar-refractivity contribution in [2.75, 3.05) is 59.5 Å². The van der Waals surface area contributed by atoms with Crippen molar-refractivity contribution >= 4 is 11.9 Å². The minimum absolute atomic E-state index is 0.0924. The molecule has 2 rings (SSSR count). The van der Waals surface area contributed by atoms with Gasteiger partial charge < -0.3 is 10.1 Å². The fraction of sp³-hybridized carbons (Fsp3) is 0.857. The standard InChI is InChI=1S/C14H26N4O3/c1-3-12-10-16(6-7-17(12)8-9-21-2)11-13(19)18-5-4-15-14(18)20/h12H,3-11H2,1-2H3,(H,15,20). The Labute approximate surface area is 126 Å². The second kappa shape index (κ2) is 7.72. The van der Waals surface area contributed by atoms with E-state index >= 15 is 0 Å². The summed E-state index contributed by atoms with van der Waals surface area (Å²) in [5.74, 6) is -0.0924. The average Bonchev–Trinajstić information content (AvgIpc) is 2.92. The van der Waals surface area contributed by atoms with Crippen molar-refractivity contribution in [3.63, 3.8) is 0 Å². The Morgan fingerprint density at radius 2 is 2.19 bits per heavy atom. The maximum Gasteiger partial charge on any atom is 0.324 e. The maximum atomic E-state index is 12.2. The van der Waals surface area contributed by atoms with E-state index in [1.54, 1.807) is 7.11 Å². The average molecular weight is 298 g/mol. The molecule has 0 aromatic heterocycles. The van der Waals surface area contributed by atoms with Crippen LogP contribution in [0.2, 0.25) is 0 Å². The number of methoxy groups -OCH3 is 1. The molecular formula is C14H26N4O3. The number of imide groups is 1. The molecule has 0 aromatic rings. The molecule has 1 N–H and O–H groups in total. The molecule has 0 radical (unpaired) electrons. The van der Waals surface area contributed by atoms with Gasteiger partial charge in [0.05, 0.1) is 13.2 Å². The van der Waals surface area contributed by atoms with Gasteiger partial charge >= 0.3 is 6.03 Å². The zero-order valence-corrected chi connectivity index (χ0v) is 13.0. The molecule has 0 bridgehead atoms. The van der Waals surface area contributed by atoms with E-state index in [0.29, 0.717) is 25.7 Å². The molecule has 7 nitrogen and oxygen atoms in total. The second-order valence-electron chi connectivity index (χ2n) is 5.60. The van der Waals surface area contributed by atoms with Gasteiger partial charge in [-0.15, -0.1) is 0 Å². The number of rotatable bonds is 6. The van der Waals surface area contributed by atoms with Crippen LogP contribution >= 0.6 is 0 Å². The third kappa shape index (κ3) is 4.15. The molecule has 2 aliphatic heterocycles. The van der Waals surface area contributed by atoms with Crippen molar-refractivity contribution in [3.8, 4) is 0 Å². The van der Waals surface area contributed by atoms with Crippen molar-refractivity contribution < 1.29 is 14.3 Å². The van der Waals surface area contributed by atoms with Gasteiger partial charge in [-0.3, -0.25) is 19.5 Å². The quantitative estimate of drug-likeness (QED) is 0.721. The number of amides is 3. The first-order valence-corrected chi connectivity index (χ1v) is 7.69. The van der Waals surface area contributed by atoms with Gasteiger partial charge in [0.2, 0.25) is 5.91 Å². The van der Waals surface area contributed by atoms with E-state index in [4.69, 9.17) is 4.74 Å². The number of hydrogen-bond acceptors (Lipinski definition) is 5. The molecule has 2 saturated heterocycles. The number of piperazine rings is 1. The Hall–Kier alpha value is -1.18. The van der Waals surface area contributed by atoms with Crippen LogP contribution in [0.15, 0.2) is 0 Å². The zero-order chi connectivity index (χ0) is 15.2. The largest absolute Gasteiger partial charge is 0.383 e. The molecule has 2 heterocycles. The van der Waals surface area contributed by atoms with Crippen molar-refractivity contribution in [2.45, 2.75) is 19.4 Å². The summed E-state index contributed by atoms with van der Waals surface area (Å²) in [6, 6.07) is 0.194. The van der Waals surface area contributed by atoms with Crippen LogP contribution in [0.5, 0.6) is 0 Å². The van der Waals surface area contributed by atoms with Crippen LogP contribution in [-0.2, 0) is 9.53 Å². The molecule has 21 heavy (non-hydrogen) atoms. The minimum atomic E-state index is -0.259. The minimum Gasteiger partial charge on any atom is -0.383 e. The van der Waals surface area contributed by atoms with Crippen molar-refractivity contribution in [1.82, 2.24) is 20.0 Å². The molecular weight excluding hydrogens is 272 g/mol. The Morgan fingerprint density at radius 3 is 2.81 bits per heavy atom. The Balaban J connectivity index is 1.82. The van der Waals surface area contributed by atoms with E-state index in [1.807, 2.05) is 0 Å². The highest BCUT2D eigenvalue weighted by molar-refractivity contribution is 5.96. The molecule has 2 fully saturated rings. The predicted octanol–water partition coefficient (Wildman–Crippen LogP) is -0.419. The van der Waals surface area contributed by atoms with E-state index < -0.39 is 0 Å². The van der Waals surface area contributed by atoms with E-state index in [9.17, 15) is 9.59 Å². The monoisotopic (exact) mass is 298 g/mol. The lowest BCUT2D eigenvalue weighted by Gasteiger charge is -2.41. The SMILES string of the molecule is CCC1CN(CC(=O)N2CCNC2=O)CCN1CCOC. The highest BCUT2D eigenvalue weighted by Crippen LogP contribution is 2.13. The molecule has 3 amide bonds. The zero-order valence-electron chi connectivity index (χ0n) is 13.0. The summed E-state index contributed by atoms with van der Waals surface area (Å²) in [6.07, 6.45) is 1.05. The highest BCUT2D eigenvalue weighted by atomic mass is 16.5. The number of ether oxygens (including phenoxy) is 1. The summed E-state index contributed by atoms with van der Waals surface area (Å²) in [5, 5.41) is 2.66. The Morgan fingerprint density at radius 1 is 1.38 bits per heavy atom. The number of urea groups is 1. The highest BCUT2D eigenvalue weighted by Gasteiger charge is 2.30. The van der Waals surface area contributed by atoms with Gasteiger partial charge in [0.25, 0.3) is 0 Å². The summed E-state index contributed by atoms with van der Waals surface area (Å²) in [5.41, 5.74) is 0. The molecule has 7 heteroatoms. The van der Waals surface area contributed by atoms with E-state index in [2.05, 4.69) is 22.0 Å². The number of carbonyl (C=O) groups excluding carboxylic acids is 2. The van der Waals surface area contributed by atoms with E-state index in [0.717, 1.165) is 39.2 Å². The van der Waals surface area contributed by atoms with E-state index in [-0.39, 0.29) is 11.9 Å². The number of nitrogens with zero attached hydrogens (tertiary/aromatic N) is 3. The van der Waals surface area contributed by atoms with Crippen LogP contribution in [0, 0.1) is 0 Å². The fourth-order valence-corrected chi connectivity index (χ4v) is 2.98. The second-order valence-corrected chi connectivity index (χ2v) is 5.60. The summed E-state index contributed by atoms with van der Waals surface area (Å²) in [4.78, 5) is 29.6. The molecule has 0 aliphatic carbocycles. The van der Waals surface area contributed by atoms with Crippen LogP contribution < -0.4 is 5.32 Å². The third-order valence-electron chi connectivity index (χ3n) is 4.26. The van der Waals surface area contributed by atoms with Crippen molar-refractivity contribution in [3.05, 3.63) is 0 Å². The lowest BCUT2D eigenvalue weighted by Crippen LogP contribution is -2.55. The number of hydrogen-bond donors (Lipinski definition) is 1. The fourth-order valence-electron chi connectivity index (χ4n) is 2.98. The van der Waals surface area contributed by atoms with Gasteiger partial charge in [0.1, 0.15) is 0 Å². The molecule has 0 spiro atoms. The van der Waals surface area contributed by atoms with Crippen LogP contribution in [0.25, 0.3) is 0 Å². The van der Waals surface area contributed by atoms with Crippen molar-refractivity contribution in [1.29, 1.82) is 0 Å². The molecule has 120 valence electrons. The molecule has 2 aliphatic rings. The van der Waals surface area contributed by atoms with Crippen LogP contribution in [-0.4, -0.2) is 92.2 Å². The first-order chi connectivity index (χ1) is 10.2. The van der Waals surface area contributed by atoms with Crippen LogP contribution in [0.3, 0.4) is 0 Å². The molecule has 0 aromatic carbocycles. The third-order valence-corrected chi connectivity index (χ3v) is 4.26. The van der Waals surface area contributed by atoms with Gasteiger partial charge in [0, 0.05) is 52.4 Å². The van der Waals surface area contributed by atoms with Gasteiger partial charge in [0.15, 0.2) is 0 Å². The first-order valence-electron chi connectivity index (χ1n) is 7.69. The normalized spacial score (nSPS) is 24.4. The first kappa shape index (κ1) is 16.2. The topological polar surface area (TPSA) is 65.1 Å². The van der Waals surface area contributed by atoms with Crippen LogP contribution in [0.1, 0.15) is 13.3 Å². The summed E-state index contributed by atoms with van der Waals surface area (Å²) in [6.45, 7) is 7.92. The summed E-state index contributed by atoms with van der Waals surface area (Å²) < 4.78 is 5.15. The number of carbonyl (C=O) groups is 2. The van der Waals surface area contributed by atoms with Crippen molar-refractivity contribution in [2.24, 2.45) is 0 Å². The number of nitrogens with one attached hydrogen (secondary N) is 1. The van der Waals surface area contributed by atoms with E-state index in [1.165, 1.54) is 4.90 Å². The van der Waals surface area contributed by atoms with Gasteiger partial charge in [-0.1, -0.05) is 6.92 Å². The van der Waals surface area contributed by atoms with Gasteiger partial charge in [-0.05, 0) is 6.42 Å². The molecule has 0 saturated carbocycles. The lowest BCUT2D eigenvalue weighted by molar-refractivity contribution is -0.129. The summed E-state index contributed by atoms with van der Waals surface area (Å²) >= 11 is 0.